The van der Waals surface area contributed by atoms with Gasteiger partial charge in [-0.1, -0.05) is 13.8 Å². The molecular formula is C12H19N3O4S. The minimum absolute atomic E-state index is 0.262. The standard InChI is InChI=1S/C12H19N3O4S/c1-6(2)4-7(11(18)19-3)14-12-15-8(5-20-12)9(13)10(16)17/h5-7,9H,4,13H2,1-3H3,(H,14,15)(H,16,17). The van der Waals surface area contributed by atoms with Crippen LogP contribution in [-0.2, 0) is 14.3 Å². The molecule has 0 saturated heterocycles. The summed E-state index contributed by atoms with van der Waals surface area (Å²) in [6.07, 6.45) is 0.590. The van der Waals surface area contributed by atoms with Crippen LogP contribution in [0.4, 0.5) is 5.13 Å². The topological polar surface area (TPSA) is 115 Å². The smallest absolute Gasteiger partial charge is 0.328 e. The Hall–Kier alpha value is -1.67. The molecule has 7 nitrogen and oxygen atoms in total. The zero-order chi connectivity index (χ0) is 15.3. The Morgan fingerprint density at radius 3 is 2.70 bits per heavy atom. The number of rotatable bonds is 7. The van der Waals surface area contributed by atoms with E-state index in [1.165, 1.54) is 18.4 Å². The lowest BCUT2D eigenvalue weighted by Crippen LogP contribution is -2.32. The van der Waals surface area contributed by atoms with E-state index in [2.05, 4.69) is 10.3 Å². The SMILES string of the molecule is COC(=O)C(CC(C)C)Nc1nc(C(N)C(=O)O)cs1. The van der Waals surface area contributed by atoms with Crippen LogP contribution in [0, 0.1) is 5.92 Å². The molecule has 0 aliphatic rings. The number of carbonyl (C=O) groups excluding carboxylic acids is 1. The minimum Gasteiger partial charge on any atom is -0.480 e. The number of thiazole rings is 1. The molecule has 4 N–H and O–H groups in total. The zero-order valence-corrected chi connectivity index (χ0v) is 12.4. The lowest BCUT2D eigenvalue weighted by molar-refractivity contribution is -0.142. The number of nitrogens with zero attached hydrogens (tertiary/aromatic N) is 1. The molecule has 0 fully saturated rings. The maximum atomic E-state index is 11.7. The van der Waals surface area contributed by atoms with Crippen LogP contribution in [0.3, 0.4) is 0 Å². The van der Waals surface area contributed by atoms with Gasteiger partial charge in [0.15, 0.2) is 5.13 Å². The van der Waals surface area contributed by atoms with Gasteiger partial charge in [-0.05, 0) is 12.3 Å². The van der Waals surface area contributed by atoms with Crippen molar-refractivity contribution in [1.29, 1.82) is 0 Å². The van der Waals surface area contributed by atoms with Crippen molar-refractivity contribution in [3.8, 4) is 0 Å². The molecule has 0 aliphatic carbocycles. The van der Waals surface area contributed by atoms with Crippen molar-refractivity contribution < 1.29 is 19.4 Å². The van der Waals surface area contributed by atoms with Crippen molar-refractivity contribution >= 4 is 28.4 Å². The summed E-state index contributed by atoms with van der Waals surface area (Å²) in [4.78, 5) is 26.5. The summed E-state index contributed by atoms with van der Waals surface area (Å²) < 4.78 is 4.73. The quantitative estimate of drug-likeness (QED) is 0.649. The van der Waals surface area contributed by atoms with E-state index in [0.29, 0.717) is 17.5 Å². The summed E-state index contributed by atoms with van der Waals surface area (Å²) >= 11 is 1.21. The fourth-order valence-corrected chi connectivity index (χ4v) is 2.40. The number of ether oxygens (including phenoxy) is 1. The number of aliphatic carboxylic acids is 1. The normalized spacial score (nSPS) is 13.8. The molecule has 0 aromatic carbocycles. The van der Waals surface area contributed by atoms with Gasteiger partial charge in [-0.3, -0.25) is 4.79 Å². The van der Waals surface area contributed by atoms with Crippen LogP contribution in [0.2, 0.25) is 0 Å². The second-order valence-corrected chi connectivity index (χ2v) is 5.60. The number of carboxylic acids is 1. The van der Waals surface area contributed by atoms with Gasteiger partial charge < -0.3 is 20.9 Å². The Labute approximate surface area is 121 Å². The molecule has 0 radical (unpaired) electrons. The van der Waals surface area contributed by atoms with E-state index in [0.717, 1.165) is 0 Å². The fraction of sp³-hybridized carbons (Fsp3) is 0.583. The van der Waals surface area contributed by atoms with Crippen molar-refractivity contribution in [2.45, 2.75) is 32.4 Å². The molecule has 112 valence electrons. The van der Waals surface area contributed by atoms with E-state index in [4.69, 9.17) is 15.6 Å². The molecule has 1 rings (SSSR count). The van der Waals surface area contributed by atoms with Gasteiger partial charge in [0, 0.05) is 5.38 Å². The summed E-state index contributed by atoms with van der Waals surface area (Å²) in [5, 5.41) is 13.8. The van der Waals surface area contributed by atoms with Crippen LogP contribution >= 0.6 is 11.3 Å². The van der Waals surface area contributed by atoms with Crippen molar-refractivity contribution in [3.05, 3.63) is 11.1 Å². The highest BCUT2D eigenvalue weighted by atomic mass is 32.1. The molecule has 8 heteroatoms. The van der Waals surface area contributed by atoms with Gasteiger partial charge >= 0.3 is 11.9 Å². The molecule has 1 aromatic heterocycles. The maximum Gasteiger partial charge on any atom is 0.328 e. The minimum atomic E-state index is -1.16. The van der Waals surface area contributed by atoms with Crippen LogP contribution in [0.5, 0.6) is 0 Å². The van der Waals surface area contributed by atoms with Crippen molar-refractivity contribution in [2.24, 2.45) is 11.7 Å². The Bertz CT molecular complexity index is 475. The maximum absolute atomic E-state index is 11.7. The molecule has 2 atom stereocenters. The van der Waals surface area contributed by atoms with E-state index < -0.39 is 18.1 Å². The van der Waals surface area contributed by atoms with Crippen molar-refractivity contribution in [1.82, 2.24) is 4.98 Å². The Kier molecular flexibility index (Phi) is 5.90. The molecule has 2 unspecified atom stereocenters. The number of nitrogens with two attached hydrogens (primary N) is 1. The van der Waals surface area contributed by atoms with E-state index in [9.17, 15) is 9.59 Å². The first-order chi connectivity index (χ1) is 9.35. The number of aromatic nitrogens is 1. The van der Waals surface area contributed by atoms with Gasteiger partial charge in [-0.2, -0.15) is 0 Å². The van der Waals surface area contributed by atoms with Gasteiger partial charge in [0.2, 0.25) is 0 Å². The first-order valence-corrected chi connectivity index (χ1v) is 7.01. The Balaban J connectivity index is 2.79. The lowest BCUT2D eigenvalue weighted by Gasteiger charge is -2.17. The number of esters is 1. The fourth-order valence-electron chi connectivity index (χ4n) is 1.60. The highest BCUT2D eigenvalue weighted by molar-refractivity contribution is 7.13. The number of hydrogen-bond acceptors (Lipinski definition) is 7. The molecule has 1 aromatic rings. The van der Waals surface area contributed by atoms with Gasteiger partial charge in [-0.15, -0.1) is 11.3 Å². The van der Waals surface area contributed by atoms with Gasteiger partial charge in [0.1, 0.15) is 12.1 Å². The highest BCUT2D eigenvalue weighted by Crippen LogP contribution is 2.22. The molecular weight excluding hydrogens is 282 g/mol. The predicted octanol–water partition coefficient (Wildman–Crippen LogP) is 1.23. The molecule has 0 amide bonds. The number of carboxylic acid groups (broad SMARTS) is 1. The third-order valence-corrected chi connectivity index (χ3v) is 3.39. The molecule has 0 aliphatic heterocycles. The Morgan fingerprint density at radius 2 is 2.20 bits per heavy atom. The summed E-state index contributed by atoms with van der Waals surface area (Å²) in [5.74, 6) is -1.22. The highest BCUT2D eigenvalue weighted by Gasteiger charge is 2.23. The number of hydrogen-bond donors (Lipinski definition) is 3. The second kappa shape index (κ2) is 7.20. The molecule has 1 heterocycles. The van der Waals surface area contributed by atoms with Crippen LogP contribution < -0.4 is 11.1 Å². The third kappa shape index (κ3) is 4.46. The number of anilines is 1. The molecule has 0 saturated carbocycles. The molecule has 0 bridgehead atoms. The second-order valence-electron chi connectivity index (χ2n) is 4.74. The molecule has 0 spiro atoms. The number of methoxy groups -OCH3 is 1. The van der Waals surface area contributed by atoms with E-state index in [-0.39, 0.29) is 11.7 Å². The number of nitrogens with one attached hydrogen (secondary N) is 1. The first-order valence-electron chi connectivity index (χ1n) is 6.13. The van der Waals surface area contributed by atoms with E-state index in [1.807, 2.05) is 13.8 Å². The first kappa shape index (κ1) is 16.4. The molecule has 20 heavy (non-hydrogen) atoms. The van der Waals surface area contributed by atoms with Crippen LogP contribution in [0.1, 0.15) is 32.0 Å². The van der Waals surface area contributed by atoms with Crippen molar-refractivity contribution in [2.75, 3.05) is 12.4 Å². The monoisotopic (exact) mass is 301 g/mol. The van der Waals surface area contributed by atoms with Gasteiger partial charge in [-0.25, -0.2) is 9.78 Å². The summed E-state index contributed by atoms with van der Waals surface area (Å²) in [6.45, 7) is 3.98. The van der Waals surface area contributed by atoms with E-state index >= 15 is 0 Å². The average molecular weight is 301 g/mol. The lowest BCUT2D eigenvalue weighted by atomic mass is 10.0. The van der Waals surface area contributed by atoms with Gasteiger partial charge in [0.05, 0.1) is 12.8 Å². The van der Waals surface area contributed by atoms with Crippen LogP contribution in [0.15, 0.2) is 5.38 Å². The van der Waals surface area contributed by atoms with Crippen LogP contribution in [0.25, 0.3) is 0 Å². The summed E-state index contributed by atoms with van der Waals surface area (Å²) in [5.41, 5.74) is 5.74. The average Bonchev–Trinajstić information content (AvgIpc) is 2.83. The summed E-state index contributed by atoms with van der Waals surface area (Å²) in [6, 6.07) is -1.68. The zero-order valence-electron chi connectivity index (χ0n) is 11.6. The predicted molar refractivity (Wildman–Crippen MR) is 75.6 cm³/mol. The van der Waals surface area contributed by atoms with Gasteiger partial charge in [0.25, 0.3) is 0 Å². The number of carbonyl (C=O) groups is 2. The Morgan fingerprint density at radius 1 is 1.55 bits per heavy atom. The van der Waals surface area contributed by atoms with Crippen molar-refractivity contribution in [3.63, 3.8) is 0 Å². The van der Waals surface area contributed by atoms with E-state index in [1.54, 1.807) is 5.38 Å². The summed E-state index contributed by atoms with van der Waals surface area (Å²) in [7, 11) is 1.32. The van der Waals surface area contributed by atoms with Crippen LogP contribution in [-0.4, -0.2) is 35.2 Å². The third-order valence-electron chi connectivity index (χ3n) is 2.60. The largest absolute Gasteiger partial charge is 0.480 e.